The fourth-order valence-electron chi connectivity index (χ4n) is 1.47. The predicted molar refractivity (Wildman–Crippen MR) is 68.3 cm³/mol. The van der Waals surface area contributed by atoms with Crippen molar-refractivity contribution >= 4 is 11.9 Å². The maximum absolute atomic E-state index is 11.9. The Morgan fingerprint density at radius 1 is 1.28 bits per heavy atom. The molecule has 1 amide bonds. The third-order valence-corrected chi connectivity index (χ3v) is 2.32. The van der Waals surface area contributed by atoms with Crippen LogP contribution < -0.4 is 10.6 Å². The summed E-state index contributed by atoms with van der Waals surface area (Å²) in [6, 6.07) is 8.07. The van der Waals surface area contributed by atoms with E-state index in [1.165, 1.54) is 0 Å². The predicted octanol–water partition coefficient (Wildman–Crippen LogP) is 0.568. The first kappa shape index (κ1) is 14.2. The number of amides is 1. The molecular formula is C13H18N2O3. The minimum Gasteiger partial charge on any atom is -0.464 e. The van der Waals surface area contributed by atoms with Gasteiger partial charge >= 0.3 is 5.97 Å². The molecule has 0 aliphatic heterocycles. The minimum atomic E-state index is -0.678. The van der Waals surface area contributed by atoms with E-state index >= 15 is 0 Å². The number of rotatable bonds is 6. The zero-order valence-electron chi connectivity index (χ0n) is 10.6. The average molecular weight is 250 g/mol. The van der Waals surface area contributed by atoms with Crippen molar-refractivity contribution in [3.05, 3.63) is 35.9 Å². The molecule has 0 heterocycles. The first-order chi connectivity index (χ1) is 8.69. The highest BCUT2D eigenvalue weighted by molar-refractivity contribution is 5.96. The Kier molecular flexibility index (Phi) is 5.87. The van der Waals surface area contributed by atoms with Gasteiger partial charge in [-0.3, -0.25) is 4.79 Å². The quantitative estimate of drug-likeness (QED) is 0.724. The van der Waals surface area contributed by atoms with Crippen LogP contribution in [0.2, 0.25) is 0 Å². The Hall–Kier alpha value is -1.88. The number of ether oxygens (including phenoxy) is 1. The van der Waals surface area contributed by atoms with Crippen LogP contribution in [0.4, 0.5) is 0 Å². The Morgan fingerprint density at radius 3 is 2.50 bits per heavy atom. The van der Waals surface area contributed by atoms with Crippen LogP contribution >= 0.6 is 0 Å². The minimum absolute atomic E-state index is 0.288. The first-order valence-electron chi connectivity index (χ1n) is 5.86. The molecule has 0 aliphatic rings. The number of benzene rings is 1. The molecule has 0 saturated heterocycles. The third kappa shape index (κ3) is 4.18. The van der Waals surface area contributed by atoms with E-state index in [2.05, 4.69) is 10.6 Å². The standard InChI is InChI=1S/C13H18N2O3/c1-3-18-13(17)11(9-14-2)15-12(16)10-7-5-4-6-8-10/h4-8,11,14H,3,9H2,1-2H3,(H,15,16)/t11-/m0/s1. The molecule has 5 nitrogen and oxygen atoms in total. The SMILES string of the molecule is CCOC(=O)[C@H](CNC)NC(=O)c1ccccc1. The van der Waals surface area contributed by atoms with Crippen LogP contribution in [-0.4, -0.2) is 38.1 Å². The van der Waals surface area contributed by atoms with Gasteiger partial charge in [0, 0.05) is 12.1 Å². The fraction of sp³-hybridized carbons (Fsp3) is 0.385. The smallest absolute Gasteiger partial charge is 0.329 e. The lowest BCUT2D eigenvalue weighted by Gasteiger charge is -2.16. The topological polar surface area (TPSA) is 67.4 Å². The van der Waals surface area contributed by atoms with Gasteiger partial charge in [0.25, 0.3) is 5.91 Å². The van der Waals surface area contributed by atoms with Gasteiger partial charge in [-0.2, -0.15) is 0 Å². The summed E-state index contributed by atoms with van der Waals surface area (Å²) in [6.07, 6.45) is 0. The number of hydrogen-bond acceptors (Lipinski definition) is 4. The number of hydrogen-bond donors (Lipinski definition) is 2. The van der Waals surface area contributed by atoms with Crippen molar-refractivity contribution in [3.8, 4) is 0 Å². The summed E-state index contributed by atoms with van der Waals surface area (Å²) in [5.41, 5.74) is 0.517. The lowest BCUT2D eigenvalue weighted by molar-refractivity contribution is -0.145. The van der Waals surface area contributed by atoms with Gasteiger partial charge in [0.05, 0.1) is 6.61 Å². The molecule has 5 heteroatoms. The Morgan fingerprint density at radius 2 is 1.94 bits per heavy atom. The lowest BCUT2D eigenvalue weighted by Crippen LogP contribution is -2.47. The number of carbonyl (C=O) groups is 2. The molecule has 2 N–H and O–H groups in total. The van der Waals surface area contributed by atoms with Crippen molar-refractivity contribution < 1.29 is 14.3 Å². The van der Waals surface area contributed by atoms with Gasteiger partial charge in [-0.05, 0) is 26.1 Å². The van der Waals surface area contributed by atoms with E-state index in [1.54, 1.807) is 38.2 Å². The normalized spacial score (nSPS) is 11.7. The number of esters is 1. The fourth-order valence-corrected chi connectivity index (χ4v) is 1.47. The van der Waals surface area contributed by atoms with Crippen LogP contribution in [0.3, 0.4) is 0 Å². The van der Waals surface area contributed by atoms with Crippen LogP contribution in [0.25, 0.3) is 0 Å². The highest BCUT2D eigenvalue weighted by atomic mass is 16.5. The monoisotopic (exact) mass is 250 g/mol. The van der Waals surface area contributed by atoms with E-state index in [0.717, 1.165) is 0 Å². The summed E-state index contributed by atoms with van der Waals surface area (Å²) < 4.78 is 4.90. The second-order valence-electron chi connectivity index (χ2n) is 3.70. The van der Waals surface area contributed by atoms with Crippen LogP contribution in [0, 0.1) is 0 Å². The van der Waals surface area contributed by atoms with E-state index in [-0.39, 0.29) is 5.91 Å². The maximum Gasteiger partial charge on any atom is 0.329 e. The maximum atomic E-state index is 11.9. The summed E-state index contributed by atoms with van der Waals surface area (Å²) >= 11 is 0. The summed E-state index contributed by atoms with van der Waals surface area (Å²) in [5.74, 6) is -0.722. The molecule has 18 heavy (non-hydrogen) atoms. The average Bonchev–Trinajstić information content (AvgIpc) is 2.39. The number of nitrogens with one attached hydrogen (secondary N) is 2. The van der Waals surface area contributed by atoms with Gasteiger partial charge in [-0.1, -0.05) is 18.2 Å². The Labute approximate surface area is 107 Å². The Bertz CT molecular complexity index is 392. The molecule has 0 unspecified atom stereocenters. The second-order valence-corrected chi connectivity index (χ2v) is 3.70. The van der Waals surface area contributed by atoms with E-state index < -0.39 is 12.0 Å². The molecule has 1 aromatic carbocycles. The first-order valence-corrected chi connectivity index (χ1v) is 5.86. The van der Waals surface area contributed by atoms with Crippen LogP contribution in [0.1, 0.15) is 17.3 Å². The highest BCUT2D eigenvalue weighted by Crippen LogP contribution is 1.99. The van der Waals surface area contributed by atoms with Crippen molar-refractivity contribution in [2.75, 3.05) is 20.2 Å². The van der Waals surface area contributed by atoms with Crippen molar-refractivity contribution in [2.45, 2.75) is 13.0 Å². The molecular weight excluding hydrogens is 232 g/mol. The molecule has 0 spiro atoms. The van der Waals surface area contributed by atoms with Gasteiger partial charge in [0.2, 0.25) is 0 Å². The van der Waals surface area contributed by atoms with Crippen molar-refractivity contribution in [1.29, 1.82) is 0 Å². The highest BCUT2D eigenvalue weighted by Gasteiger charge is 2.21. The van der Waals surface area contributed by atoms with Crippen LogP contribution in [0.5, 0.6) is 0 Å². The van der Waals surface area contributed by atoms with Gasteiger partial charge in [0.1, 0.15) is 6.04 Å². The summed E-state index contributed by atoms with van der Waals surface area (Å²) in [6.45, 7) is 2.35. The van der Waals surface area contributed by atoms with Crippen molar-refractivity contribution in [1.82, 2.24) is 10.6 Å². The second kappa shape index (κ2) is 7.45. The molecule has 0 saturated carbocycles. The molecule has 1 rings (SSSR count). The number of likely N-dealkylation sites (N-methyl/N-ethyl adjacent to an activating group) is 1. The molecule has 0 fully saturated rings. The van der Waals surface area contributed by atoms with Gasteiger partial charge in [-0.15, -0.1) is 0 Å². The zero-order chi connectivity index (χ0) is 13.4. The van der Waals surface area contributed by atoms with Crippen molar-refractivity contribution in [3.63, 3.8) is 0 Å². The summed E-state index contributed by atoms with van der Waals surface area (Å²) in [7, 11) is 1.71. The molecule has 0 radical (unpaired) electrons. The van der Waals surface area contributed by atoms with E-state index in [1.807, 2.05) is 6.07 Å². The zero-order valence-corrected chi connectivity index (χ0v) is 10.6. The molecule has 0 bridgehead atoms. The Balaban J connectivity index is 2.66. The molecule has 0 aromatic heterocycles. The molecule has 1 atom stereocenters. The number of carbonyl (C=O) groups excluding carboxylic acids is 2. The van der Waals surface area contributed by atoms with E-state index in [0.29, 0.717) is 18.7 Å². The molecule has 0 aliphatic carbocycles. The lowest BCUT2D eigenvalue weighted by atomic mass is 10.2. The third-order valence-electron chi connectivity index (χ3n) is 2.32. The van der Waals surface area contributed by atoms with E-state index in [9.17, 15) is 9.59 Å². The van der Waals surface area contributed by atoms with Crippen LogP contribution in [0.15, 0.2) is 30.3 Å². The largest absolute Gasteiger partial charge is 0.464 e. The van der Waals surface area contributed by atoms with E-state index in [4.69, 9.17) is 4.74 Å². The summed E-state index contributed by atoms with van der Waals surface area (Å²) in [5, 5.41) is 5.49. The summed E-state index contributed by atoms with van der Waals surface area (Å²) in [4.78, 5) is 23.5. The van der Waals surface area contributed by atoms with Gasteiger partial charge < -0.3 is 15.4 Å². The van der Waals surface area contributed by atoms with Crippen molar-refractivity contribution in [2.24, 2.45) is 0 Å². The van der Waals surface area contributed by atoms with Crippen LogP contribution in [-0.2, 0) is 9.53 Å². The van der Waals surface area contributed by atoms with Gasteiger partial charge in [0.15, 0.2) is 0 Å². The molecule has 98 valence electrons. The van der Waals surface area contributed by atoms with Gasteiger partial charge in [-0.25, -0.2) is 4.79 Å². The molecule has 1 aromatic rings.